The first-order valence-corrected chi connectivity index (χ1v) is 9.16. The molecule has 1 aliphatic rings. The molecule has 4 rings (SSSR count). The fourth-order valence-electron chi connectivity index (χ4n) is 3.06. The number of fused-ring (bicyclic) bond motifs is 1. The molecule has 24 heavy (non-hydrogen) atoms. The summed E-state index contributed by atoms with van der Waals surface area (Å²) in [6, 6.07) is 7.64. The molecule has 0 saturated heterocycles. The van der Waals surface area contributed by atoms with E-state index in [1.807, 2.05) is 6.07 Å². The lowest BCUT2D eigenvalue weighted by Crippen LogP contribution is -2.02. The second kappa shape index (κ2) is 6.21. The first kappa shape index (κ1) is 15.6. The van der Waals surface area contributed by atoms with Crippen LogP contribution in [-0.2, 0) is 12.8 Å². The number of nitrogens with zero attached hydrogens (tertiary/aromatic N) is 4. The zero-order chi connectivity index (χ0) is 16.7. The smallest absolute Gasteiger partial charge is 0.165 e. The van der Waals surface area contributed by atoms with E-state index in [0.29, 0.717) is 21.4 Å². The molecule has 4 nitrogen and oxygen atoms in total. The van der Waals surface area contributed by atoms with Gasteiger partial charge in [-0.1, -0.05) is 23.2 Å². The van der Waals surface area contributed by atoms with E-state index in [4.69, 9.17) is 23.2 Å². The third-order valence-electron chi connectivity index (χ3n) is 4.18. The minimum absolute atomic E-state index is 0.511. The fourth-order valence-corrected chi connectivity index (χ4v) is 4.85. The van der Waals surface area contributed by atoms with E-state index in [-0.39, 0.29) is 0 Å². The van der Waals surface area contributed by atoms with E-state index in [0.717, 1.165) is 29.8 Å². The lowest BCUT2D eigenvalue weighted by atomic mass is 9.96. The van der Waals surface area contributed by atoms with Crippen LogP contribution >= 0.6 is 34.5 Å². The number of halogens is 2. The first-order valence-electron chi connectivity index (χ1n) is 7.59. The SMILES string of the molecule is N#Cc1c(-n2ncnc2-c2ccc(Cl)cc2Cl)sc2c1CCCC2. The molecule has 0 amide bonds. The second-order valence-electron chi connectivity index (χ2n) is 5.62. The van der Waals surface area contributed by atoms with E-state index in [2.05, 4.69) is 16.2 Å². The largest absolute Gasteiger partial charge is 0.215 e. The highest BCUT2D eigenvalue weighted by molar-refractivity contribution is 7.15. The standard InChI is InChI=1S/C17H12Cl2N4S/c18-10-5-6-12(14(19)7-10)16-21-9-22-23(16)17-13(8-20)11-3-1-2-4-15(11)24-17/h5-7,9H,1-4H2. The number of rotatable bonds is 2. The molecule has 0 aliphatic heterocycles. The average Bonchev–Trinajstić information content (AvgIpc) is 3.18. The van der Waals surface area contributed by atoms with Crippen molar-refractivity contribution in [1.82, 2.24) is 14.8 Å². The van der Waals surface area contributed by atoms with Gasteiger partial charge in [0.15, 0.2) is 5.82 Å². The minimum atomic E-state index is 0.511. The maximum Gasteiger partial charge on any atom is 0.165 e. The summed E-state index contributed by atoms with van der Waals surface area (Å²) in [5.74, 6) is 0.617. The summed E-state index contributed by atoms with van der Waals surface area (Å²) in [5.41, 5.74) is 2.63. The lowest BCUT2D eigenvalue weighted by Gasteiger charge is -2.09. The summed E-state index contributed by atoms with van der Waals surface area (Å²) < 4.78 is 1.72. The summed E-state index contributed by atoms with van der Waals surface area (Å²) in [6.45, 7) is 0. The Hall–Kier alpha value is -1.87. The molecule has 7 heteroatoms. The maximum absolute atomic E-state index is 9.67. The predicted octanol–water partition coefficient (Wildman–Crippen LogP) is 5.05. The summed E-state index contributed by atoms with van der Waals surface area (Å²) in [7, 11) is 0. The molecular weight excluding hydrogens is 363 g/mol. The van der Waals surface area contributed by atoms with Gasteiger partial charge in [-0.3, -0.25) is 0 Å². The van der Waals surface area contributed by atoms with Crippen molar-refractivity contribution in [3.05, 3.63) is 50.6 Å². The van der Waals surface area contributed by atoms with Gasteiger partial charge < -0.3 is 0 Å². The molecule has 0 spiro atoms. The van der Waals surface area contributed by atoms with Crippen molar-refractivity contribution in [3.8, 4) is 22.5 Å². The molecule has 120 valence electrons. The van der Waals surface area contributed by atoms with Crippen molar-refractivity contribution in [2.75, 3.05) is 0 Å². The Morgan fingerprint density at radius 3 is 2.83 bits per heavy atom. The van der Waals surface area contributed by atoms with Crippen LogP contribution in [0.5, 0.6) is 0 Å². The number of benzene rings is 1. The molecule has 0 N–H and O–H groups in total. The Morgan fingerprint density at radius 2 is 2.04 bits per heavy atom. The van der Waals surface area contributed by atoms with Crippen molar-refractivity contribution in [3.63, 3.8) is 0 Å². The second-order valence-corrected chi connectivity index (χ2v) is 7.55. The van der Waals surface area contributed by atoms with Crippen molar-refractivity contribution in [1.29, 1.82) is 5.26 Å². The molecule has 2 heterocycles. The topological polar surface area (TPSA) is 54.5 Å². The molecule has 0 atom stereocenters. The number of nitriles is 1. The van der Waals surface area contributed by atoms with Gasteiger partial charge >= 0.3 is 0 Å². The summed E-state index contributed by atoms with van der Waals surface area (Å²) in [5, 5.41) is 15.9. The van der Waals surface area contributed by atoms with E-state index < -0.39 is 0 Å². The summed E-state index contributed by atoms with van der Waals surface area (Å²) in [6.07, 6.45) is 5.77. The van der Waals surface area contributed by atoms with Crippen molar-refractivity contribution >= 4 is 34.5 Å². The fraction of sp³-hybridized carbons (Fsp3) is 0.235. The number of hydrogen-bond acceptors (Lipinski definition) is 4. The number of thiophene rings is 1. The molecule has 0 saturated carbocycles. The lowest BCUT2D eigenvalue weighted by molar-refractivity contribution is 0.695. The Kier molecular flexibility index (Phi) is 4.05. The molecule has 3 aromatic rings. The number of aromatic nitrogens is 3. The highest BCUT2D eigenvalue weighted by Crippen LogP contribution is 2.38. The molecule has 0 bridgehead atoms. The van der Waals surface area contributed by atoms with Gasteiger partial charge in [-0.15, -0.1) is 11.3 Å². The molecule has 0 unspecified atom stereocenters. The molecular formula is C17H12Cl2N4S. The molecule has 0 radical (unpaired) electrons. The summed E-state index contributed by atoms with van der Waals surface area (Å²) >= 11 is 13.9. The predicted molar refractivity (Wildman–Crippen MR) is 96.0 cm³/mol. The first-order chi connectivity index (χ1) is 11.7. The summed E-state index contributed by atoms with van der Waals surface area (Å²) in [4.78, 5) is 5.64. The highest BCUT2D eigenvalue weighted by Gasteiger charge is 2.24. The number of hydrogen-bond donors (Lipinski definition) is 0. The van der Waals surface area contributed by atoms with Gasteiger partial charge in [-0.25, -0.2) is 9.67 Å². The zero-order valence-electron chi connectivity index (χ0n) is 12.6. The van der Waals surface area contributed by atoms with Gasteiger partial charge in [0.05, 0.1) is 10.6 Å². The van der Waals surface area contributed by atoms with Gasteiger partial charge in [0, 0.05) is 15.5 Å². The van der Waals surface area contributed by atoms with Crippen molar-refractivity contribution < 1.29 is 0 Å². The highest BCUT2D eigenvalue weighted by atomic mass is 35.5. The quantitative estimate of drug-likeness (QED) is 0.630. The van der Waals surface area contributed by atoms with Crippen LogP contribution in [-0.4, -0.2) is 14.8 Å². The van der Waals surface area contributed by atoms with Crippen molar-refractivity contribution in [2.24, 2.45) is 0 Å². The third-order valence-corrected chi connectivity index (χ3v) is 5.99. The van der Waals surface area contributed by atoms with E-state index >= 15 is 0 Å². The van der Waals surface area contributed by atoms with Gasteiger partial charge in [-0.05, 0) is 49.4 Å². The Bertz CT molecular complexity index is 968. The van der Waals surface area contributed by atoms with Crippen LogP contribution in [0, 0.1) is 11.3 Å². The van der Waals surface area contributed by atoms with Gasteiger partial charge in [-0.2, -0.15) is 10.4 Å². The van der Waals surface area contributed by atoms with E-state index in [1.165, 1.54) is 23.2 Å². The van der Waals surface area contributed by atoms with Gasteiger partial charge in [0.1, 0.15) is 17.4 Å². The minimum Gasteiger partial charge on any atom is -0.215 e. The van der Waals surface area contributed by atoms with Crippen LogP contribution in [0.1, 0.15) is 28.8 Å². The maximum atomic E-state index is 9.67. The van der Waals surface area contributed by atoms with Crippen LogP contribution in [0.25, 0.3) is 16.4 Å². The third kappa shape index (κ3) is 2.51. The van der Waals surface area contributed by atoms with E-state index in [1.54, 1.807) is 28.2 Å². The Balaban J connectivity index is 1.90. The van der Waals surface area contributed by atoms with Crippen LogP contribution in [0.4, 0.5) is 0 Å². The molecule has 2 aromatic heterocycles. The molecule has 0 fully saturated rings. The van der Waals surface area contributed by atoms with Gasteiger partial charge in [0.25, 0.3) is 0 Å². The van der Waals surface area contributed by atoms with Crippen LogP contribution < -0.4 is 0 Å². The van der Waals surface area contributed by atoms with Gasteiger partial charge in [0.2, 0.25) is 0 Å². The van der Waals surface area contributed by atoms with Crippen LogP contribution in [0.2, 0.25) is 10.0 Å². The van der Waals surface area contributed by atoms with Crippen LogP contribution in [0.3, 0.4) is 0 Å². The Labute approximate surface area is 153 Å². The normalized spacial score (nSPS) is 13.5. The van der Waals surface area contributed by atoms with E-state index in [9.17, 15) is 5.26 Å². The average molecular weight is 375 g/mol. The Morgan fingerprint density at radius 1 is 1.21 bits per heavy atom. The molecule has 1 aromatic carbocycles. The number of aryl methyl sites for hydroxylation is 1. The zero-order valence-corrected chi connectivity index (χ0v) is 14.9. The van der Waals surface area contributed by atoms with Crippen molar-refractivity contribution in [2.45, 2.75) is 25.7 Å². The van der Waals surface area contributed by atoms with Crippen LogP contribution in [0.15, 0.2) is 24.5 Å². The molecule has 1 aliphatic carbocycles. The monoisotopic (exact) mass is 374 g/mol.